The monoisotopic (exact) mass is 598 g/mol. The van der Waals surface area contributed by atoms with Gasteiger partial charge in [0.05, 0.1) is 23.6 Å². The zero-order valence-corrected chi connectivity index (χ0v) is 23.8. The Kier molecular flexibility index (Phi) is 7.07. The van der Waals surface area contributed by atoms with E-state index in [4.69, 9.17) is 0 Å². The van der Waals surface area contributed by atoms with Gasteiger partial charge in [-0.1, -0.05) is 19.1 Å². The molecule has 3 aromatic rings. The molecule has 1 saturated carbocycles. The Morgan fingerprint density at radius 2 is 1.93 bits per heavy atom. The molecule has 1 saturated heterocycles. The highest BCUT2D eigenvalue weighted by atomic mass is 19.4. The van der Waals surface area contributed by atoms with Gasteiger partial charge in [0.1, 0.15) is 12.2 Å². The van der Waals surface area contributed by atoms with Crippen LogP contribution >= 0.6 is 0 Å². The number of anilines is 1. The first-order chi connectivity index (χ1) is 20.3. The molecule has 2 fully saturated rings. The fraction of sp³-hybridized carbons (Fsp3) is 0.484. The van der Waals surface area contributed by atoms with E-state index in [1.165, 1.54) is 17.9 Å². The van der Waals surface area contributed by atoms with Crippen LogP contribution in [0.5, 0.6) is 0 Å². The van der Waals surface area contributed by atoms with E-state index in [1.807, 2.05) is 23.7 Å². The van der Waals surface area contributed by atoms with Crippen molar-refractivity contribution < 1.29 is 26.7 Å². The van der Waals surface area contributed by atoms with Crippen LogP contribution in [0.1, 0.15) is 71.0 Å². The number of rotatable bonds is 6. The van der Waals surface area contributed by atoms with Crippen LogP contribution in [0.2, 0.25) is 0 Å². The van der Waals surface area contributed by atoms with Crippen LogP contribution < -0.4 is 4.90 Å². The Balaban J connectivity index is 1.32. The minimum Gasteiger partial charge on any atom is -0.320 e. The van der Waals surface area contributed by atoms with Crippen molar-refractivity contribution in [1.82, 2.24) is 19.7 Å². The number of carbonyl (C=O) groups excluding carboxylic acids is 1. The zero-order chi connectivity index (χ0) is 30.7. The smallest absolute Gasteiger partial charge is 0.320 e. The maximum absolute atomic E-state index is 14.3. The molecule has 0 spiro atoms. The Morgan fingerprint density at radius 3 is 2.58 bits per heavy atom. The van der Waals surface area contributed by atoms with Crippen molar-refractivity contribution in [2.75, 3.05) is 18.0 Å². The van der Waals surface area contributed by atoms with Crippen LogP contribution in [0, 0.1) is 23.2 Å². The van der Waals surface area contributed by atoms with Gasteiger partial charge in [-0.3, -0.25) is 9.69 Å². The maximum Gasteiger partial charge on any atom is 0.416 e. The summed E-state index contributed by atoms with van der Waals surface area (Å²) in [4.78, 5) is 16.8. The van der Waals surface area contributed by atoms with Gasteiger partial charge in [-0.25, -0.2) is 8.78 Å². The molecule has 12 heteroatoms. The highest BCUT2D eigenvalue weighted by Crippen LogP contribution is 2.53. The summed E-state index contributed by atoms with van der Waals surface area (Å²) in [6.07, 6.45) is -1.73. The Hall–Kier alpha value is -3.85. The van der Waals surface area contributed by atoms with Gasteiger partial charge in [-0.2, -0.15) is 18.4 Å². The molecule has 226 valence electrons. The minimum absolute atomic E-state index is 0.0219. The number of aryl methyl sites for hydroxylation is 1. The Labute approximate surface area is 245 Å². The minimum atomic E-state index is -4.70. The molecule has 3 aliphatic rings. The molecular formula is C31H31F5N6O. The number of halogens is 5. The number of alkyl halides is 5. The highest BCUT2D eigenvalue weighted by Gasteiger charge is 2.50. The lowest BCUT2D eigenvalue weighted by molar-refractivity contribution is -0.138. The molecule has 1 aliphatic carbocycles. The van der Waals surface area contributed by atoms with Crippen LogP contribution in [0.4, 0.5) is 27.6 Å². The van der Waals surface area contributed by atoms with Gasteiger partial charge in [0.15, 0.2) is 0 Å². The number of aromatic nitrogens is 3. The van der Waals surface area contributed by atoms with Gasteiger partial charge >= 0.3 is 6.18 Å². The van der Waals surface area contributed by atoms with Crippen molar-refractivity contribution in [3.63, 3.8) is 0 Å². The molecule has 7 nitrogen and oxygen atoms in total. The lowest BCUT2D eigenvalue weighted by atomic mass is 9.57. The second-order valence-corrected chi connectivity index (χ2v) is 12.2. The van der Waals surface area contributed by atoms with Crippen molar-refractivity contribution in [3.8, 4) is 6.07 Å². The van der Waals surface area contributed by atoms with E-state index in [0.29, 0.717) is 24.9 Å². The topological polar surface area (TPSA) is 78.1 Å². The van der Waals surface area contributed by atoms with Crippen LogP contribution in [0.25, 0.3) is 0 Å². The molecule has 0 bridgehead atoms. The molecule has 0 radical (unpaired) electrons. The fourth-order valence-corrected chi connectivity index (χ4v) is 7.02. The second kappa shape index (κ2) is 10.4. The van der Waals surface area contributed by atoms with Crippen molar-refractivity contribution >= 4 is 11.6 Å². The average Bonchev–Trinajstić information content (AvgIpc) is 3.50. The fourth-order valence-electron chi connectivity index (χ4n) is 7.02. The molecule has 43 heavy (non-hydrogen) atoms. The van der Waals surface area contributed by atoms with E-state index in [9.17, 15) is 32.0 Å². The van der Waals surface area contributed by atoms with Crippen molar-refractivity contribution in [3.05, 3.63) is 76.4 Å². The predicted octanol–water partition coefficient (Wildman–Crippen LogP) is 6.08. The molecular weight excluding hydrogens is 567 g/mol. The molecule has 0 N–H and O–H groups in total. The van der Waals surface area contributed by atoms with Crippen molar-refractivity contribution in [2.24, 2.45) is 18.9 Å². The largest absolute Gasteiger partial charge is 0.416 e. The Morgan fingerprint density at radius 1 is 1.16 bits per heavy atom. The van der Waals surface area contributed by atoms with E-state index < -0.39 is 34.9 Å². The quantitative estimate of drug-likeness (QED) is 0.322. The normalized spacial score (nSPS) is 25.3. The first-order valence-electron chi connectivity index (χ1n) is 14.3. The third-order valence-corrected chi connectivity index (χ3v) is 9.33. The lowest BCUT2D eigenvalue weighted by Crippen LogP contribution is -2.45. The van der Waals surface area contributed by atoms with E-state index in [0.717, 1.165) is 17.5 Å². The van der Waals surface area contributed by atoms with E-state index in [2.05, 4.69) is 16.3 Å². The summed E-state index contributed by atoms with van der Waals surface area (Å²) in [6, 6.07) is 12.0. The SMILES string of the molecule is C[C@@H]1CN(Cc2cc3c(c(C(F)(F)F)c2)CN(c2cccc([C@]4(c5nncn5C)C[C@@H](CC#N)C4)c2)C3=O)CCC1(F)F. The predicted molar refractivity (Wildman–Crippen MR) is 147 cm³/mol. The van der Waals surface area contributed by atoms with Gasteiger partial charge in [-0.05, 0) is 59.7 Å². The number of nitrogens with zero attached hydrogens (tertiary/aromatic N) is 6. The van der Waals surface area contributed by atoms with E-state index >= 15 is 0 Å². The number of benzene rings is 2. The number of nitriles is 1. The van der Waals surface area contributed by atoms with Crippen LogP contribution in [0.15, 0.2) is 42.7 Å². The summed E-state index contributed by atoms with van der Waals surface area (Å²) in [5, 5.41) is 17.6. The van der Waals surface area contributed by atoms with Gasteiger partial charge in [-0.15, -0.1) is 10.2 Å². The molecule has 2 aliphatic heterocycles. The first-order valence-corrected chi connectivity index (χ1v) is 14.3. The number of likely N-dealkylation sites (tertiary alicyclic amines) is 1. The summed E-state index contributed by atoms with van der Waals surface area (Å²) in [6.45, 7) is 1.36. The second-order valence-electron chi connectivity index (χ2n) is 12.2. The molecule has 3 heterocycles. The first kappa shape index (κ1) is 29.2. The summed E-state index contributed by atoms with van der Waals surface area (Å²) in [7, 11) is 1.84. The molecule has 6 rings (SSSR count). The highest BCUT2D eigenvalue weighted by molar-refractivity contribution is 6.10. The number of amides is 1. The van der Waals surface area contributed by atoms with Crippen molar-refractivity contribution in [2.45, 2.75) is 63.2 Å². The van der Waals surface area contributed by atoms with Crippen LogP contribution in [0.3, 0.4) is 0 Å². The van der Waals surface area contributed by atoms with Crippen LogP contribution in [-0.2, 0) is 31.7 Å². The van der Waals surface area contributed by atoms with Gasteiger partial charge in [0.25, 0.3) is 11.8 Å². The average molecular weight is 599 g/mol. The molecule has 1 aromatic heterocycles. The summed E-state index contributed by atoms with van der Waals surface area (Å²) in [5.41, 5.74) is 0.0586. The van der Waals surface area contributed by atoms with Gasteiger partial charge in [0, 0.05) is 56.7 Å². The van der Waals surface area contributed by atoms with Crippen LogP contribution in [-0.4, -0.2) is 44.6 Å². The summed E-state index contributed by atoms with van der Waals surface area (Å²) >= 11 is 0. The third-order valence-electron chi connectivity index (χ3n) is 9.33. The molecule has 0 unspecified atom stereocenters. The van der Waals surface area contributed by atoms with Crippen molar-refractivity contribution in [1.29, 1.82) is 5.26 Å². The zero-order valence-electron chi connectivity index (χ0n) is 23.8. The third kappa shape index (κ3) is 5.07. The Bertz CT molecular complexity index is 1600. The summed E-state index contributed by atoms with van der Waals surface area (Å²) in [5.74, 6) is -3.37. The number of piperidine rings is 1. The number of hydrogen-bond acceptors (Lipinski definition) is 5. The maximum atomic E-state index is 14.3. The van der Waals surface area contributed by atoms with Gasteiger partial charge < -0.3 is 9.47 Å². The molecule has 2 aromatic carbocycles. The number of hydrogen-bond donors (Lipinski definition) is 0. The van der Waals surface area contributed by atoms with Gasteiger partial charge in [0.2, 0.25) is 0 Å². The van der Waals surface area contributed by atoms with E-state index in [-0.39, 0.29) is 55.2 Å². The van der Waals surface area contributed by atoms with E-state index in [1.54, 1.807) is 23.4 Å². The molecule has 1 amide bonds. The number of fused-ring (bicyclic) bond motifs is 1. The lowest BCUT2D eigenvalue weighted by Gasteiger charge is -2.46. The standard InChI is InChI=1S/C31H31F5N6O/c1-19-15-41(9-7-30(19,32)33)16-21-10-24-25(26(11-21)31(34,35)36)17-42(27(24)43)23-5-3-4-22(12-23)29(13-20(14-29)6-8-37)28-39-38-18-40(28)2/h3-5,10-12,18-20H,6-7,9,13-17H2,1-2H3/t19-,20-,29+/m1/s1. The number of carbonyl (C=O) groups is 1. The summed E-state index contributed by atoms with van der Waals surface area (Å²) < 4.78 is 72.8. The molecule has 1 atom stereocenters.